The number of carbonyl (C=O) groups is 2. The van der Waals surface area contributed by atoms with Gasteiger partial charge in [0, 0.05) is 50.5 Å². The van der Waals surface area contributed by atoms with Gasteiger partial charge >= 0.3 is 0 Å². The van der Waals surface area contributed by atoms with E-state index in [4.69, 9.17) is 0 Å². The van der Waals surface area contributed by atoms with E-state index in [1.807, 2.05) is 12.1 Å². The van der Waals surface area contributed by atoms with Crippen molar-refractivity contribution in [2.24, 2.45) is 11.3 Å². The number of hydrogen-bond donors (Lipinski definition) is 3. The molecule has 4 saturated heterocycles. The minimum Gasteiger partial charge on any atom is -0.374 e. The quantitative estimate of drug-likeness (QED) is 0.625. The van der Waals surface area contributed by atoms with Gasteiger partial charge in [-0.25, -0.2) is 0 Å². The maximum Gasteiger partial charge on any atom is 0.249 e. The molecule has 2 unspecified atom stereocenters. The first-order chi connectivity index (χ1) is 15.1. The van der Waals surface area contributed by atoms with Crippen LogP contribution in [0.1, 0.15) is 38.5 Å². The fraction of sp³-hybridized carbons (Fsp3) is 0.667. The summed E-state index contributed by atoms with van der Waals surface area (Å²) >= 11 is 0. The summed E-state index contributed by atoms with van der Waals surface area (Å²) in [4.78, 5) is 28.5. The minimum atomic E-state index is -0.330. The van der Waals surface area contributed by atoms with Crippen LogP contribution in [0.25, 0.3) is 0 Å². The molecule has 2 atom stereocenters. The lowest BCUT2D eigenvalue weighted by molar-refractivity contribution is -0.133. The molecule has 1 aromatic rings. The van der Waals surface area contributed by atoms with E-state index < -0.39 is 0 Å². The summed E-state index contributed by atoms with van der Waals surface area (Å²) in [6, 6.07) is 8.05. The number of piperidine rings is 2. The van der Waals surface area contributed by atoms with Crippen molar-refractivity contribution in [2.45, 2.75) is 44.6 Å². The first-order valence-corrected chi connectivity index (χ1v) is 12.0. The normalized spacial score (nSPS) is 30.2. The average Bonchev–Trinajstić information content (AvgIpc) is 3.40. The fourth-order valence-corrected chi connectivity index (χ4v) is 5.87. The SMILES string of the molecule is O=C1CCC(Nc2ccc(N3CCC(CN4CCC5(CCNC5)C4)CC3)cc2)C(=O)N1. The molecule has 168 valence electrons. The van der Waals surface area contributed by atoms with Gasteiger partial charge in [-0.1, -0.05) is 0 Å². The molecule has 4 aliphatic heterocycles. The Labute approximate surface area is 184 Å². The number of hydrogen-bond acceptors (Lipinski definition) is 6. The second-order valence-corrected chi connectivity index (χ2v) is 10.0. The third-order valence-electron chi connectivity index (χ3n) is 7.79. The smallest absolute Gasteiger partial charge is 0.249 e. The summed E-state index contributed by atoms with van der Waals surface area (Å²) in [5.41, 5.74) is 2.76. The van der Waals surface area contributed by atoms with Gasteiger partial charge in [-0.2, -0.15) is 0 Å². The fourth-order valence-electron chi connectivity index (χ4n) is 5.87. The highest BCUT2D eigenvalue weighted by Crippen LogP contribution is 2.37. The molecule has 1 aromatic carbocycles. The van der Waals surface area contributed by atoms with Crippen LogP contribution in [0.4, 0.5) is 11.4 Å². The molecule has 0 bridgehead atoms. The lowest BCUT2D eigenvalue weighted by Gasteiger charge is -2.35. The monoisotopic (exact) mass is 425 g/mol. The molecule has 1 spiro atoms. The van der Waals surface area contributed by atoms with Crippen molar-refractivity contribution in [1.29, 1.82) is 0 Å². The predicted octanol–water partition coefficient (Wildman–Crippen LogP) is 1.81. The molecular formula is C24H35N5O2. The third kappa shape index (κ3) is 4.72. The maximum absolute atomic E-state index is 11.9. The summed E-state index contributed by atoms with van der Waals surface area (Å²) in [7, 11) is 0. The van der Waals surface area contributed by atoms with Crippen LogP contribution in [0, 0.1) is 11.3 Å². The summed E-state index contributed by atoms with van der Waals surface area (Å²) in [5.74, 6) is 0.409. The second-order valence-electron chi connectivity index (χ2n) is 10.0. The van der Waals surface area contributed by atoms with Crippen LogP contribution in [-0.2, 0) is 9.59 Å². The van der Waals surface area contributed by atoms with Crippen molar-refractivity contribution in [2.75, 3.05) is 56.0 Å². The predicted molar refractivity (Wildman–Crippen MR) is 122 cm³/mol. The largest absolute Gasteiger partial charge is 0.374 e. The Morgan fingerprint density at radius 3 is 2.55 bits per heavy atom. The van der Waals surface area contributed by atoms with Crippen LogP contribution in [-0.4, -0.2) is 68.6 Å². The first-order valence-electron chi connectivity index (χ1n) is 12.0. The highest BCUT2D eigenvalue weighted by Gasteiger charge is 2.40. The molecule has 3 N–H and O–H groups in total. The lowest BCUT2D eigenvalue weighted by Crippen LogP contribution is -2.47. The Hall–Kier alpha value is -2.12. The number of carbonyl (C=O) groups excluding carboxylic acids is 2. The Kier molecular flexibility index (Phi) is 5.89. The molecule has 4 fully saturated rings. The minimum absolute atomic E-state index is 0.179. The van der Waals surface area contributed by atoms with Crippen molar-refractivity contribution in [1.82, 2.24) is 15.5 Å². The second kappa shape index (κ2) is 8.79. The molecule has 7 nitrogen and oxygen atoms in total. The van der Waals surface area contributed by atoms with Crippen LogP contribution in [0.2, 0.25) is 0 Å². The Bertz CT molecular complexity index is 797. The van der Waals surface area contributed by atoms with E-state index in [-0.39, 0.29) is 17.9 Å². The molecule has 0 aromatic heterocycles. The first kappa shape index (κ1) is 20.8. The van der Waals surface area contributed by atoms with Gasteiger partial charge in [0.15, 0.2) is 0 Å². The summed E-state index contributed by atoms with van der Waals surface area (Å²) < 4.78 is 0. The molecule has 7 heteroatoms. The van der Waals surface area contributed by atoms with Crippen molar-refractivity contribution in [3.05, 3.63) is 24.3 Å². The number of nitrogens with zero attached hydrogens (tertiary/aromatic N) is 2. The van der Waals surface area contributed by atoms with Gasteiger partial charge in [0.1, 0.15) is 6.04 Å². The molecule has 5 rings (SSSR count). The third-order valence-corrected chi connectivity index (χ3v) is 7.79. The molecule has 4 aliphatic rings. The van der Waals surface area contributed by atoms with Crippen molar-refractivity contribution >= 4 is 23.2 Å². The van der Waals surface area contributed by atoms with Gasteiger partial charge in [0.05, 0.1) is 0 Å². The molecular weight excluding hydrogens is 390 g/mol. The number of nitrogens with one attached hydrogen (secondary N) is 3. The number of imide groups is 1. The van der Waals surface area contributed by atoms with E-state index in [0.29, 0.717) is 18.3 Å². The number of amides is 2. The maximum atomic E-state index is 11.9. The standard InChI is InChI=1S/C24H35N5O2/c30-22-6-5-21(23(31)27-22)26-19-1-3-20(4-2-19)29-12-7-18(8-13-29)15-28-14-10-24(17-28)9-11-25-16-24/h1-4,18,21,25-26H,5-17H2,(H,27,30,31). The molecule has 0 radical (unpaired) electrons. The highest BCUT2D eigenvalue weighted by molar-refractivity contribution is 6.01. The van der Waals surface area contributed by atoms with Gasteiger partial charge in [-0.15, -0.1) is 0 Å². The average molecular weight is 426 g/mol. The van der Waals surface area contributed by atoms with Crippen molar-refractivity contribution < 1.29 is 9.59 Å². The summed E-state index contributed by atoms with van der Waals surface area (Å²) in [6.07, 6.45) is 6.20. The van der Waals surface area contributed by atoms with E-state index in [9.17, 15) is 9.59 Å². The van der Waals surface area contributed by atoms with Gasteiger partial charge in [0.2, 0.25) is 11.8 Å². The van der Waals surface area contributed by atoms with Crippen LogP contribution in [0.15, 0.2) is 24.3 Å². The zero-order valence-corrected chi connectivity index (χ0v) is 18.4. The van der Waals surface area contributed by atoms with Crippen LogP contribution in [0.3, 0.4) is 0 Å². The number of likely N-dealkylation sites (tertiary alicyclic amines) is 1. The molecule has 2 amide bonds. The number of benzene rings is 1. The van der Waals surface area contributed by atoms with Gasteiger partial charge in [-0.05, 0) is 80.8 Å². The van der Waals surface area contributed by atoms with Crippen molar-refractivity contribution in [3.8, 4) is 0 Å². The number of rotatable bonds is 5. The Morgan fingerprint density at radius 1 is 1.03 bits per heavy atom. The van der Waals surface area contributed by atoms with E-state index in [1.165, 1.54) is 64.1 Å². The van der Waals surface area contributed by atoms with E-state index in [0.717, 1.165) is 24.7 Å². The Morgan fingerprint density at radius 2 is 1.84 bits per heavy atom. The van der Waals surface area contributed by atoms with E-state index >= 15 is 0 Å². The molecule has 31 heavy (non-hydrogen) atoms. The van der Waals surface area contributed by atoms with E-state index in [1.54, 1.807) is 0 Å². The zero-order chi connectivity index (χ0) is 21.3. The van der Waals surface area contributed by atoms with Crippen molar-refractivity contribution in [3.63, 3.8) is 0 Å². The molecule has 0 saturated carbocycles. The van der Waals surface area contributed by atoms with Crippen LogP contribution in [0.5, 0.6) is 0 Å². The van der Waals surface area contributed by atoms with Crippen LogP contribution < -0.4 is 20.9 Å². The summed E-state index contributed by atoms with van der Waals surface area (Å²) in [6.45, 7) is 8.50. The van der Waals surface area contributed by atoms with Gasteiger partial charge < -0.3 is 20.4 Å². The van der Waals surface area contributed by atoms with Crippen LogP contribution >= 0.6 is 0 Å². The van der Waals surface area contributed by atoms with Gasteiger partial charge in [0.25, 0.3) is 0 Å². The lowest BCUT2D eigenvalue weighted by atomic mass is 9.86. The number of anilines is 2. The van der Waals surface area contributed by atoms with E-state index in [2.05, 4.69) is 37.9 Å². The molecule has 4 heterocycles. The highest BCUT2D eigenvalue weighted by atomic mass is 16.2. The Balaban J connectivity index is 1.08. The zero-order valence-electron chi connectivity index (χ0n) is 18.4. The topological polar surface area (TPSA) is 76.7 Å². The molecule has 0 aliphatic carbocycles. The summed E-state index contributed by atoms with van der Waals surface area (Å²) in [5, 5.41) is 9.22. The van der Waals surface area contributed by atoms with Gasteiger partial charge in [-0.3, -0.25) is 14.9 Å².